The van der Waals surface area contributed by atoms with Gasteiger partial charge in [0, 0.05) is 73.4 Å². The second-order valence-corrected chi connectivity index (χ2v) is 17.4. The first kappa shape index (κ1) is 56.4. The molecule has 0 spiro atoms. The maximum atomic E-state index is 15.1. The zero-order chi connectivity index (χ0) is 50.6. The summed E-state index contributed by atoms with van der Waals surface area (Å²) in [5.41, 5.74) is 7.60. The van der Waals surface area contributed by atoms with E-state index in [1.54, 1.807) is 17.2 Å². The topological polar surface area (TPSA) is 228 Å². The predicted octanol–water partition coefficient (Wildman–Crippen LogP) is 5.24. The van der Waals surface area contributed by atoms with Crippen molar-refractivity contribution in [2.24, 2.45) is 17.1 Å². The lowest BCUT2D eigenvalue weighted by molar-refractivity contribution is -0.192. The molecule has 2 heterocycles. The maximum absolute atomic E-state index is 15.1. The van der Waals surface area contributed by atoms with Crippen LogP contribution in [-0.2, 0) is 49.6 Å². The summed E-state index contributed by atoms with van der Waals surface area (Å²) >= 11 is 1.13. The van der Waals surface area contributed by atoms with Crippen LogP contribution in [0.15, 0.2) is 72.9 Å². The zero-order valence-corrected chi connectivity index (χ0v) is 38.6. The summed E-state index contributed by atoms with van der Waals surface area (Å²) in [7, 11) is 0. The van der Waals surface area contributed by atoms with E-state index in [1.807, 2.05) is 55.7 Å². The van der Waals surface area contributed by atoms with Gasteiger partial charge >= 0.3 is 18.1 Å². The Hall–Kier alpha value is -5.97. The van der Waals surface area contributed by atoms with Crippen LogP contribution < -0.4 is 11.1 Å². The molecular weight excluding hydrogens is 926 g/mol. The van der Waals surface area contributed by atoms with Gasteiger partial charge in [0.2, 0.25) is 11.8 Å². The normalized spacial score (nSPS) is 13.5. The number of thioether (sulfide) groups is 1. The number of alkyl halides is 3. The predicted molar refractivity (Wildman–Crippen MR) is 240 cm³/mol. The number of ketones is 1. The van der Waals surface area contributed by atoms with Crippen molar-refractivity contribution >= 4 is 53.1 Å². The number of carboxylic acids is 2. The summed E-state index contributed by atoms with van der Waals surface area (Å²) in [4.78, 5) is 85.6. The molecule has 22 heteroatoms. The maximum Gasteiger partial charge on any atom is 0.490 e. The Balaban J connectivity index is 0.00000162. The Morgan fingerprint density at radius 2 is 1.53 bits per heavy atom. The van der Waals surface area contributed by atoms with Crippen LogP contribution in [-0.4, -0.2) is 136 Å². The molecule has 0 aliphatic carbocycles. The summed E-state index contributed by atoms with van der Waals surface area (Å²) in [5, 5.41) is 19.6. The van der Waals surface area contributed by atoms with E-state index in [0.29, 0.717) is 37.3 Å². The van der Waals surface area contributed by atoms with E-state index in [-0.39, 0.29) is 81.1 Å². The number of imide groups is 1. The number of hydrogen-bond acceptors (Lipinski definition) is 11. The first-order chi connectivity index (χ1) is 32.0. The van der Waals surface area contributed by atoms with E-state index in [1.165, 1.54) is 0 Å². The lowest BCUT2D eigenvalue weighted by atomic mass is 9.83. The van der Waals surface area contributed by atoms with Gasteiger partial charge < -0.3 is 40.2 Å². The fourth-order valence-corrected chi connectivity index (χ4v) is 7.80. The highest BCUT2D eigenvalue weighted by molar-refractivity contribution is 7.99. The Morgan fingerprint density at radius 1 is 0.897 bits per heavy atom. The number of nitrogens with one attached hydrogen (secondary N) is 1. The molecule has 1 aliphatic heterocycles. The van der Waals surface area contributed by atoms with Crippen LogP contribution >= 0.6 is 11.8 Å². The fourth-order valence-electron chi connectivity index (χ4n) is 6.79. The number of nitrogens with zero attached hydrogens (tertiary/aromatic N) is 3. The van der Waals surface area contributed by atoms with Crippen LogP contribution in [0.2, 0.25) is 0 Å². The van der Waals surface area contributed by atoms with E-state index in [2.05, 4.69) is 5.32 Å². The van der Waals surface area contributed by atoms with Crippen LogP contribution in [0.5, 0.6) is 0 Å². The van der Waals surface area contributed by atoms with Gasteiger partial charge in [-0.1, -0.05) is 51.1 Å². The average Bonchev–Trinajstić information content (AvgIpc) is 3.81. The summed E-state index contributed by atoms with van der Waals surface area (Å²) in [6.07, 6.45) is -0.899. The number of carbonyl (C=O) groups excluding carboxylic acids is 5. The first-order valence-electron chi connectivity index (χ1n) is 21.3. The number of carbonyl (C=O) groups is 7. The minimum atomic E-state index is -5.08. The number of rotatable bonds is 26. The van der Waals surface area contributed by atoms with Gasteiger partial charge in [-0.15, -0.1) is 0 Å². The lowest BCUT2D eigenvalue weighted by Gasteiger charge is -2.41. The molecule has 0 radical (unpaired) electrons. The molecule has 1 aromatic heterocycles. The number of nitrogens with two attached hydrogens (primary N) is 1. The molecule has 2 atom stereocenters. The summed E-state index contributed by atoms with van der Waals surface area (Å²) in [5.74, 6) is -8.35. The average molecular weight is 982 g/mol. The van der Waals surface area contributed by atoms with Gasteiger partial charge in [0.05, 0.1) is 44.1 Å². The van der Waals surface area contributed by atoms with Gasteiger partial charge in [-0.2, -0.15) is 24.9 Å². The second-order valence-electron chi connectivity index (χ2n) is 16.4. The number of halogens is 5. The highest BCUT2D eigenvalue weighted by Crippen LogP contribution is 2.41. The summed E-state index contributed by atoms with van der Waals surface area (Å²) in [6, 6.07) is 14.2. The van der Waals surface area contributed by atoms with Crippen LogP contribution in [0.25, 0.3) is 11.1 Å². The lowest BCUT2D eigenvalue weighted by Crippen LogP contribution is -2.44. The van der Waals surface area contributed by atoms with Gasteiger partial charge in [0.1, 0.15) is 24.0 Å². The fraction of sp³-hybridized carbons (Fsp3) is 0.457. The van der Waals surface area contributed by atoms with Crippen LogP contribution in [0.3, 0.4) is 0 Å². The Bertz CT molecular complexity index is 2220. The number of Topliss-reactive ketones (excluding diaryl/α,β-unsaturated/α-hetero) is 1. The van der Waals surface area contributed by atoms with Gasteiger partial charge in [-0.3, -0.25) is 33.7 Å². The van der Waals surface area contributed by atoms with E-state index in [4.69, 9.17) is 25.1 Å². The van der Waals surface area contributed by atoms with E-state index < -0.39 is 64.8 Å². The van der Waals surface area contributed by atoms with Crippen molar-refractivity contribution in [2.45, 2.75) is 58.8 Å². The number of aromatic nitrogens is 1. The monoisotopic (exact) mass is 981 g/mol. The highest BCUT2D eigenvalue weighted by Gasteiger charge is 2.39. The molecule has 0 fully saturated rings. The number of ether oxygens (including phenoxy) is 2. The van der Waals surface area contributed by atoms with Crippen LogP contribution in [0.1, 0.15) is 57.3 Å². The molecule has 0 saturated carbocycles. The molecule has 1 aliphatic rings. The van der Waals surface area contributed by atoms with E-state index in [9.17, 15) is 51.4 Å². The van der Waals surface area contributed by atoms with Gasteiger partial charge in [-0.05, 0) is 48.2 Å². The van der Waals surface area contributed by atoms with Crippen molar-refractivity contribution in [1.29, 1.82) is 0 Å². The molecule has 4 rings (SSSR count). The standard InChI is InChI=1S/C44H55F2N5O9S.C2HF3O2/c1-44(2,3)42(37-23-31(35-24-33(45)10-11-36(35)46)26-49(37)25-30-8-5-4-6-9-30)50(17-7-15-47)41(56)29-61-28-32(43(57)58)22-34(52)14-18-59-20-21-60-19-16-48-38(53)27-51-39(54)12-13-40(51)55;3-2(4,5)1(6)7/h4-6,8-13,23-24,26,32,42H,7,14-22,25,27-29,47H2,1-3H3,(H,48,53)(H,57,58);(H,6,7)/t32-,42?;/m0./s1. The van der Waals surface area contributed by atoms with Crippen molar-refractivity contribution in [1.82, 2.24) is 19.7 Å². The summed E-state index contributed by atoms with van der Waals surface area (Å²) < 4.78 is 74.0. The van der Waals surface area contributed by atoms with Crippen molar-refractivity contribution in [3.63, 3.8) is 0 Å². The molecule has 68 heavy (non-hydrogen) atoms. The third-order valence-corrected chi connectivity index (χ3v) is 11.1. The molecule has 5 N–H and O–H groups in total. The van der Waals surface area contributed by atoms with Crippen molar-refractivity contribution in [3.05, 3.63) is 95.8 Å². The largest absolute Gasteiger partial charge is 0.490 e. The highest BCUT2D eigenvalue weighted by atomic mass is 32.2. The molecule has 4 amide bonds. The van der Waals surface area contributed by atoms with Crippen molar-refractivity contribution in [2.75, 3.05) is 64.1 Å². The Labute approximate surface area is 394 Å². The molecule has 0 bridgehead atoms. The van der Waals surface area contributed by atoms with Crippen molar-refractivity contribution < 1.29 is 75.2 Å². The minimum Gasteiger partial charge on any atom is -0.481 e. The Morgan fingerprint density at radius 3 is 2.12 bits per heavy atom. The molecule has 3 aromatic rings. The number of benzene rings is 2. The number of amides is 4. The SMILES string of the molecule is CC(C)(C)C(c1cc(-c2cc(F)ccc2F)cn1Cc1ccccc1)N(CCCN)C(=O)CSC[C@H](CC(=O)CCOCCOCCNC(=O)CN1C(=O)C=CC1=O)C(=O)O.O=C(O)C(F)(F)F. The van der Waals surface area contributed by atoms with Crippen molar-refractivity contribution in [3.8, 4) is 11.1 Å². The number of aliphatic carboxylic acids is 2. The minimum absolute atomic E-state index is 0.0118. The quantitative estimate of drug-likeness (QED) is 0.0459. The van der Waals surface area contributed by atoms with Crippen LogP contribution in [0, 0.1) is 23.0 Å². The van der Waals surface area contributed by atoms with Gasteiger partial charge in [-0.25, -0.2) is 13.6 Å². The summed E-state index contributed by atoms with van der Waals surface area (Å²) in [6.45, 7) is 7.27. The smallest absolute Gasteiger partial charge is 0.481 e. The number of carboxylic acid groups (broad SMARTS) is 2. The van der Waals surface area contributed by atoms with E-state index >= 15 is 4.39 Å². The second kappa shape index (κ2) is 27.1. The molecular formula is C46H56F5N5O11S. The zero-order valence-electron chi connectivity index (χ0n) is 37.8. The molecule has 0 saturated heterocycles. The third-order valence-electron chi connectivity index (χ3n) is 9.98. The Kier molecular flexibility index (Phi) is 22.5. The molecule has 2 aromatic carbocycles. The third kappa shape index (κ3) is 18.6. The first-order valence-corrected chi connectivity index (χ1v) is 22.5. The van der Waals surface area contributed by atoms with Gasteiger partial charge in [0.25, 0.3) is 11.8 Å². The molecule has 16 nitrogen and oxygen atoms in total. The van der Waals surface area contributed by atoms with Gasteiger partial charge in [0.15, 0.2) is 0 Å². The number of hydrogen-bond donors (Lipinski definition) is 4. The van der Waals surface area contributed by atoms with Crippen LogP contribution in [0.4, 0.5) is 22.0 Å². The van der Waals surface area contributed by atoms with E-state index in [0.717, 1.165) is 52.6 Å². The molecule has 372 valence electrons. The molecule has 1 unspecified atom stereocenters.